The predicted molar refractivity (Wildman–Crippen MR) is 115 cm³/mol. The van der Waals surface area contributed by atoms with Gasteiger partial charge in [-0.3, -0.25) is 9.59 Å². The third-order valence-corrected chi connectivity index (χ3v) is 4.91. The zero-order valence-electron chi connectivity index (χ0n) is 16.0. The number of Topliss-reactive ketones (excluding diaryl/α,β-unsaturated/α-hetero) is 1. The van der Waals surface area contributed by atoms with Crippen molar-refractivity contribution in [3.05, 3.63) is 65.5 Å². The Labute approximate surface area is 174 Å². The second-order valence-electron chi connectivity index (χ2n) is 6.67. The van der Waals surface area contributed by atoms with Gasteiger partial charge < -0.3 is 21.1 Å². The van der Waals surface area contributed by atoms with Crippen LogP contribution in [0.3, 0.4) is 0 Å². The summed E-state index contributed by atoms with van der Waals surface area (Å²) in [5.74, 6) is -0.740. The van der Waals surface area contributed by atoms with Crippen molar-refractivity contribution in [1.29, 1.82) is 0 Å². The molecule has 1 heterocycles. The number of thiocarbonyl (C=S) groups is 1. The van der Waals surface area contributed by atoms with Crippen LogP contribution in [0.15, 0.2) is 59.9 Å². The number of nitrogens with two attached hydrogens (primary N) is 1. The maximum absolute atomic E-state index is 12.9. The Hall–Kier alpha value is -3.26. The van der Waals surface area contributed by atoms with Crippen LogP contribution in [-0.4, -0.2) is 28.8 Å². The molecule has 0 aliphatic heterocycles. The number of ketones is 1. The number of rotatable bonds is 6. The van der Waals surface area contributed by atoms with E-state index in [2.05, 4.69) is 15.6 Å². The largest absolute Gasteiger partial charge is 0.469 e. The highest BCUT2D eigenvalue weighted by Gasteiger charge is 2.34. The average molecular weight is 410 g/mol. The number of carbonyl (C=O) groups is 2. The number of para-hydroxylation sites is 1. The molecule has 2 aromatic rings. The molecule has 8 heteroatoms. The molecule has 1 atom stereocenters. The van der Waals surface area contributed by atoms with Crippen molar-refractivity contribution in [2.75, 3.05) is 18.2 Å². The number of esters is 1. The Morgan fingerprint density at radius 3 is 2.72 bits per heavy atom. The number of hydrogen-bond acceptors (Lipinski definition) is 7. The van der Waals surface area contributed by atoms with Crippen LogP contribution in [-0.2, 0) is 20.9 Å². The molecule has 1 aliphatic carbocycles. The molecule has 0 saturated carbocycles. The van der Waals surface area contributed by atoms with Gasteiger partial charge in [-0.2, -0.15) is 0 Å². The minimum absolute atomic E-state index is 0.0615. The van der Waals surface area contributed by atoms with E-state index >= 15 is 0 Å². The third-order valence-electron chi connectivity index (χ3n) is 4.61. The monoisotopic (exact) mass is 410 g/mol. The summed E-state index contributed by atoms with van der Waals surface area (Å²) in [6.45, 7) is 0.417. The van der Waals surface area contributed by atoms with E-state index in [-0.39, 0.29) is 12.2 Å². The number of allylic oxidation sites excluding steroid dienone is 1. The van der Waals surface area contributed by atoms with Crippen LogP contribution in [0.1, 0.15) is 18.4 Å². The molecule has 0 fully saturated rings. The molecule has 7 nitrogen and oxygen atoms in total. The van der Waals surface area contributed by atoms with E-state index in [1.165, 1.54) is 7.11 Å². The summed E-state index contributed by atoms with van der Waals surface area (Å²) in [6, 6.07) is 13.0. The second-order valence-corrected chi connectivity index (χ2v) is 7.08. The molecular weight excluding hydrogens is 388 g/mol. The number of benzene rings is 1. The number of pyridine rings is 1. The molecule has 1 aromatic carbocycles. The smallest absolute Gasteiger partial charge is 0.309 e. The minimum atomic E-state index is -0.541. The number of nitrogens with one attached hydrogen (secondary N) is 2. The summed E-state index contributed by atoms with van der Waals surface area (Å²) in [5.41, 5.74) is 8.43. The van der Waals surface area contributed by atoms with Crippen molar-refractivity contribution in [3.8, 4) is 0 Å². The van der Waals surface area contributed by atoms with Crippen molar-refractivity contribution >= 4 is 40.5 Å². The van der Waals surface area contributed by atoms with Gasteiger partial charge in [-0.15, -0.1) is 0 Å². The standard InChI is InChI=1S/C21H22N4O3S/c1-28-21(27)14-10-16(24-12-13-7-8-23-18(22)9-13)19(17(26)11-14)20(29)25-15-5-3-2-4-6-15/h2-9,14,24H,10-12H2,1H3,(H2,22,23)(H,25,29). The second kappa shape index (κ2) is 9.29. The lowest BCUT2D eigenvalue weighted by Crippen LogP contribution is -2.35. The molecular formula is C21H22N4O3S. The van der Waals surface area contributed by atoms with Crippen LogP contribution >= 0.6 is 12.2 Å². The van der Waals surface area contributed by atoms with Crippen molar-refractivity contribution in [3.63, 3.8) is 0 Å². The van der Waals surface area contributed by atoms with E-state index in [1.54, 1.807) is 12.3 Å². The first-order valence-electron chi connectivity index (χ1n) is 9.12. The summed E-state index contributed by atoms with van der Waals surface area (Å²) >= 11 is 5.52. The quantitative estimate of drug-likeness (QED) is 0.493. The van der Waals surface area contributed by atoms with Crippen LogP contribution in [0, 0.1) is 5.92 Å². The van der Waals surface area contributed by atoms with Crippen LogP contribution < -0.4 is 16.4 Å². The number of carbonyl (C=O) groups excluding carboxylic acids is 2. The lowest BCUT2D eigenvalue weighted by molar-refractivity contribution is -0.147. The van der Waals surface area contributed by atoms with Crippen molar-refractivity contribution in [2.45, 2.75) is 19.4 Å². The number of nitrogen functional groups attached to an aromatic ring is 1. The highest BCUT2D eigenvalue weighted by atomic mass is 32.1. The van der Waals surface area contributed by atoms with Crippen LogP contribution in [0.2, 0.25) is 0 Å². The Morgan fingerprint density at radius 2 is 2.03 bits per heavy atom. The predicted octanol–water partition coefficient (Wildman–Crippen LogP) is 2.60. The van der Waals surface area contributed by atoms with Crippen LogP contribution in [0.25, 0.3) is 0 Å². The SMILES string of the molecule is COC(=O)C1CC(=O)C(C(=S)Nc2ccccc2)=C(NCc2ccnc(N)c2)C1. The van der Waals surface area contributed by atoms with E-state index in [4.69, 9.17) is 22.7 Å². The first-order valence-corrected chi connectivity index (χ1v) is 9.53. The van der Waals surface area contributed by atoms with Gasteiger partial charge >= 0.3 is 5.97 Å². The maximum atomic E-state index is 12.9. The summed E-state index contributed by atoms with van der Waals surface area (Å²) in [6.07, 6.45) is 2.02. The number of ether oxygens (including phenoxy) is 1. The van der Waals surface area contributed by atoms with Crippen LogP contribution in [0.5, 0.6) is 0 Å². The maximum Gasteiger partial charge on any atom is 0.309 e. The van der Waals surface area contributed by atoms with Gasteiger partial charge in [0.05, 0.1) is 18.6 Å². The molecule has 29 heavy (non-hydrogen) atoms. The fourth-order valence-electron chi connectivity index (χ4n) is 3.20. The lowest BCUT2D eigenvalue weighted by atomic mass is 9.85. The Balaban J connectivity index is 1.87. The van der Waals surface area contributed by atoms with Gasteiger partial charge in [0.25, 0.3) is 0 Å². The van der Waals surface area contributed by atoms with Crippen molar-refractivity contribution in [1.82, 2.24) is 10.3 Å². The van der Waals surface area contributed by atoms with Gasteiger partial charge in [-0.25, -0.2) is 4.98 Å². The number of hydrogen-bond donors (Lipinski definition) is 3. The molecule has 1 aliphatic rings. The van der Waals surface area contributed by atoms with Crippen LogP contribution in [0.4, 0.5) is 11.5 Å². The van der Waals surface area contributed by atoms with E-state index in [9.17, 15) is 9.59 Å². The molecule has 0 saturated heterocycles. The van der Waals surface area contributed by atoms with Gasteiger partial charge in [-0.1, -0.05) is 30.4 Å². The first-order chi connectivity index (χ1) is 14.0. The highest BCUT2D eigenvalue weighted by molar-refractivity contribution is 7.81. The number of nitrogens with zero attached hydrogens (tertiary/aromatic N) is 1. The van der Waals surface area contributed by atoms with E-state index in [1.807, 2.05) is 36.4 Å². The van der Waals surface area contributed by atoms with Gasteiger partial charge in [0, 0.05) is 37.0 Å². The molecule has 3 rings (SSSR count). The zero-order chi connectivity index (χ0) is 20.8. The summed E-state index contributed by atoms with van der Waals surface area (Å²) in [4.78, 5) is 29.2. The number of anilines is 2. The molecule has 4 N–H and O–H groups in total. The number of aromatic nitrogens is 1. The molecule has 1 aromatic heterocycles. The topological polar surface area (TPSA) is 106 Å². The minimum Gasteiger partial charge on any atom is -0.469 e. The zero-order valence-corrected chi connectivity index (χ0v) is 16.8. The Morgan fingerprint density at radius 1 is 1.28 bits per heavy atom. The summed E-state index contributed by atoms with van der Waals surface area (Å²) in [5, 5.41) is 6.37. The molecule has 150 valence electrons. The van der Waals surface area contributed by atoms with Gasteiger partial charge in [0.1, 0.15) is 10.8 Å². The summed E-state index contributed by atoms with van der Waals surface area (Å²) in [7, 11) is 1.32. The summed E-state index contributed by atoms with van der Waals surface area (Å²) < 4.78 is 4.84. The van der Waals surface area contributed by atoms with E-state index in [0.29, 0.717) is 35.0 Å². The van der Waals surface area contributed by atoms with E-state index < -0.39 is 11.9 Å². The fourth-order valence-corrected chi connectivity index (χ4v) is 3.56. The molecule has 1 unspecified atom stereocenters. The van der Waals surface area contributed by atoms with E-state index in [0.717, 1.165) is 11.3 Å². The van der Waals surface area contributed by atoms with Gasteiger partial charge in [0.15, 0.2) is 5.78 Å². The van der Waals surface area contributed by atoms with Crippen molar-refractivity contribution in [2.24, 2.45) is 5.92 Å². The first kappa shape index (κ1) is 20.5. The van der Waals surface area contributed by atoms with Gasteiger partial charge in [0.2, 0.25) is 0 Å². The highest BCUT2D eigenvalue weighted by Crippen LogP contribution is 2.28. The Kier molecular flexibility index (Phi) is 6.56. The molecule has 0 bridgehead atoms. The molecule has 0 radical (unpaired) electrons. The Bertz CT molecular complexity index is 959. The molecule has 0 amide bonds. The van der Waals surface area contributed by atoms with Crippen molar-refractivity contribution < 1.29 is 14.3 Å². The third kappa shape index (κ3) is 5.17. The fraction of sp³-hybridized carbons (Fsp3) is 0.238. The normalized spacial score (nSPS) is 16.3. The average Bonchev–Trinajstić information content (AvgIpc) is 2.72. The lowest BCUT2D eigenvalue weighted by Gasteiger charge is -2.26. The van der Waals surface area contributed by atoms with Gasteiger partial charge in [-0.05, 0) is 29.8 Å². The molecule has 0 spiro atoms. The number of methoxy groups -OCH3 is 1.